The molecule has 0 rings (SSSR count). The zero-order valence-electron chi connectivity index (χ0n) is 11.3. The number of amides is 1. The van der Waals surface area contributed by atoms with Gasteiger partial charge < -0.3 is 19.9 Å². The van der Waals surface area contributed by atoms with Crippen molar-refractivity contribution in [2.24, 2.45) is 0 Å². The summed E-state index contributed by atoms with van der Waals surface area (Å²) in [5.74, 6) is -0.860. The van der Waals surface area contributed by atoms with Gasteiger partial charge in [0, 0.05) is 13.2 Å². The van der Waals surface area contributed by atoms with Gasteiger partial charge in [-0.25, -0.2) is 4.79 Å². The molecule has 0 aromatic carbocycles. The lowest BCUT2D eigenvalue weighted by molar-refractivity contribution is -0.138. The summed E-state index contributed by atoms with van der Waals surface area (Å²) in [5.41, 5.74) is -0.482. The van der Waals surface area contributed by atoms with Crippen LogP contribution in [0.3, 0.4) is 0 Å². The molecule has 6 nitrogen and oxygen atoms in total. The smallest absolute Gasteiger partial charge is 0.407 e. The molecule has 2 N–H and O–H groups in total. The van der Waals surface area contributed by atoms with E-state index in [-0.39, 0.29) is 13.0 Å². The lowest BCUT2D eigenvalue weighted by Crippen LogP contribution is -2.33. The third-order valence-electron chi connectivity index (χ3n) is 1.84. The van der Waals surface area contributed by atoms with Gasteiger partial charge >= 0.3 is 12.1 Å². The molecule has 0 saturated heterocycles. The van der Waals surface area contributed by atoms with Gasteiger partial charge in [0.05, 0.1) is 13.0 Å². The Labute approximate surface area is 108 Å². The van der Waals surface area contributed by atoms with Gasteiger partial charge in [0.2, 0.25) is 0 Å². The fraction of sp³-hybridized carbons (Fsp3) is 0.833. The molecule has 0 aliphatic heterocycles. The van der Waals surface area contributed by atoms with E-state index in [9.17, 15) is 9.59 Å². The summed E-state index contributed by atoms with van der Waals surface area (Å²) in [7, 11) is 0. The third kappa shape index (κ3) is 12.8. The van der Waals surface area contributed by atoms with Crippen molar-refractivity contribution in [3.63, 3.8) is 0 Å². The van der Waals surface area contributed by atoms with Crippen LogP contribution in [0.25, 0.3) is 0 Å². The Morgan fingerprint density at radius 2 is 1.83 bits per heavy atom. The second-order valence-electron chi connectivity index (χ2n) is 4.89. The van der Waals surface area contributed by atoms with Crippen LogP contribution in [-0.4, -0.2) is 42.5 Å². The summed E-state index contributed by atoms with van der Waals surface area (Å²) >= 11 is 0. The molecule has 0 bridgehead atoms. The molecule has 0 aromatic heterocycles. The van der Waals surface area contributed by atoms with Crippen molar-refractivity contribution in [1.82, 2.24) is 5.32 Å². The number of hydrogen-bond acceptors (Lipinski definition) is 4. The van der Waals surface area contributed by atoms with Crippen molar-refractivity contribution >= 4 is 12.1 Å². The Kier molecular flexibility index (Phi) is 8.11. The predicted molar refractivity (Wildman–Crippen MR) is 66.5 cm³/mol. The molecule has 106 valence electrons. The Morgan fingerprint density at radius 3 is 2.39 bits per heavy atom. The van der Waals surface area contributed by atoms with Crippen LogP contribution in [0, 0.1) is 0 Å². The first-order valence-electron chi connectivity index (χ1n) is 6.07. The third-order valence-corrected chi connectivity index (χ3v) is 1.84. The van der Waals surface area contributed by atoms with Gasteiger partial charge in [0.1, 0.15) is 5.60 Å². The van der Waals surface area contributed by atoms with Gasteiger partial charge in [-0.1, -0.05) is 0 Å². The molecule has 6 heteroatoms. The maximum Gasteiger partial charge on any atom is 0.407 e. The van der Waals surface area contributed by atoms with Crippen molar-refractivity contribution < 1.29 is 24.2 Å². The molecular weight excluding hydrogens is 238 g/mol. The average Bonchev–Trinajstić information content (AvgIpc) is 2.18. The Bertz CT molecular complexity index is 260. The molecule has 0 saturated carbocycles. The van der Waals surface area contributed by atoms with Gasteiger partial charge in [-0.15, -0.1) is 0 Å². The number of aliphatic carboxylic acids is 1. The van der Waals surface area contributed by atoms with E-state index in [1.807, 2.05) is 20.8 Å². The van der Waals surface area contributed by atoms with Gasteiger partial charge in [-0.3, -0.25) is 4.79 Å². The van der Waals surface area contributed by atoms with Crippen molar-refractivity contribution in [3.8, 4) is 0 Å². The zero-order valence-corrected chi connectivity index (χ0v) is 11.3. The SMILES string of the molecule is CC(C)(C)OC(=O)NCCCCOCCC(=O)O. The Balaban J connectivity index is 3.30. The molecular formula is C12H23NO5. The van der Waals surface area contributed by atoms with Crippen molar-refractivity contribution in [1.29, 1.82) is 0 Å². The fourth-order valence-corrected chi connectivity index (χ4v) is 1.10. The Hall–Kier alpha value is -1.30. The predicted octanol–water partition coefficient (Wildman–Crippen LogP) is 1.78. The van der Waals surface area contributed by atoms with Crippen LogP contribution in [0.15, 0.2) is 0 Å². The first-order chi connectivity index (χ1) is 8.31. The molecule has 18 heavy (non-hydrogen) atoms. The zero-order chi connectivity index (χ0) is 14.0. The quantitative estimate of drug-likeness (QED) is 0.651. The van der Waals surface area contributed by atoms with E-state index >= 15 is 0 Å². The highest BCUT2D eigenvalue weighted by atomic mass is 16.6. The molecule has 0 aromatic rings. The number of nitrogens with one attached hydrogen (secondary N) is 1. The average molecular weight is 261 g/mol. The first kappa shape index (κ1) is 16.7. The standard InChI is InChI=1S/C12H23NO5/c1-12(2,3)18-11(16)13-7-4-5-8-17-9-6-10(14)15/h4-9H2,1-3H3,(H,13,16)(H,14,15). The second-order valence-corrected chi connectivity index (χ2v) is 4.89. The number of ether oxygens (including phenoxy) is 2. The van der Waals surface area contributed by atoms with Gasteiger partial charge in [-0.2, -0.15) is 0 Å². The molecule has 0 heterocycles. The van der Waals surface area contributed by atoms with Crippen molar-refractivity contribution in [2.75, 3.05) is 19.8 Å². The number of carboxylic acid groups (broad SMARTS) is 1. The molecule has 1 amide bonds. The molecule has 0 aliphatic carbocycles. The topological polar surface area (TPSA) is 84.9 Å². The monoisotopic (exact) mass is 261 g/mol. The van der Waals surface area contributed by atoms with Crippen LogP contribution in [0.5, 0.6) is 0 Å². The lowest BCUT2D eigenvalue weighted by atomic mass is 10.2. The molecule has 0 aliphatic rings. The van der Waals surface area contributed by atoms with Crippen molar-refractivity contribution in [3.05, 3.63) is 0 Å². The van der Waals surface area contributed by atoms with E-state index in [2.05, 4.69) is 5.32 Å². The summed E-state index contributed by atoms with van der Waals surface area (Å²) in [4.78, 5) is 21.4. The summed E-state index contributed by atoms with van der Waals surface area (Å²) in [6.45, 7) is 6.68. The highest BCUT2D eigenvalue weighted by molar-refractivity contribution is 5.67. The largest absolute Gasteiger partial charge is 0.481 e. The maximum absolute atomic E-state index is 11.2. The molecule has 0 atom stereocenters. The number of hydrogen-bond donors (Lipinski definition) is 2. The van der Waals surface area contributed by atoms with E-state index in [0.29, 0.717) is 13.2 Å². The van der Waals surface area contributed by atoms with Crippen LogP contribution in [0.1, 0.15) is 40.0 Å². The molecule has 0 unspecified atom stereocenters. The molecule has 0 fully saturated rings. The minimum absolute atomic E-state index is 0.0240. The maximum atomic E-state index is 11.2. The van der Waals surface area contributed by atoms with Crippen LogP contribution in [-0.2, 0) is 14.3 Å². The van der Waals surface area contributed by atoms with Crippen LogP contribution in [0.2, 0.25) is 0 Å². The van der Waals surface area contributed by atoms with E-state index in [1.165, 1.54) is 0 Å². The normalized spacial score (nSPS) is 11.1. The van der Waals surface area contributed by atoms with Gasteiger partial charge in [0.15, 0.2) is 0 Å². The van der Waals surface area contributed by atoms with Gasteiger partial charge in [-0.05, 0) is 33.6 Å². The van der Waals surface area contributed by atoms with Crippen molar-refractivity contribution in [2.45, 2.75) is 45.6 Å². The highest BCUT2D eigenvalue weighted by Gasteiger charge is 2.15. The molecule has 0 radical (unpaired) electrons. The number of rotatable bonds is 8. The van der Waals surface area contributed by atoms with E-state index < -0.39 is 17.7 Å². The number of carbonyl (C=O) groups excluding carboxylic acids is 1. The summed E-state index contributed by atoms with van der Waals surface area (Å²) in [6.07, 6.45) is 1.15. The highest BCUT2D eigenvalue weighted by Crippen LogP contribution is 2.06. The number of unbranched alkanes of at least 4 members (excludes halogenated alkanes) is 1. The van der Waals surface area contributed by atoms with Gasteiger partial charge in [0.25, 0.3) is 0 Å². The number of carbonyl (C=O) groups is 2. The summed E-state index contributed by atoms with van der Waals surface area (Å²) in [6, 6.07) is 0. The van der Waals surface area contributed by atoms with E-state index in [1.54, 1.807) is 0 Å². The van der Waals surface area contributed by atoms with Crippen LogP contribution in [0.4, 0.5) is 4.79 Å². The minimum Gasteiger partial charge on any atom is -0.481 e. The Morgan fingerprint density at radius 1 is 1.17 bits per heavy atom. The summed E-state index contributed by atoms with van der Waals surface area (Å²) in [5, 5.41) is 11.0. The molecule has 0 spiro atoms. The number of alkyl carbamates (subject to hydrolysis) is 1. The summed E-state index contributed by atoms with van der Waals surface area (Å²) < 4.78 is 10.2. The van der Waals surface area contributed by atoms with E-state index in [4.69, 9.17) is 14.6 Å². The van der Waals surface area contributed by atoms with Crippen LogP contribution >= 0.6 is 0 Å². The minimum atomic E-state index is -0.860. The second kappa shape index (κ2) is 8.74. The van der Waals surface area contributed by atoms with E-state index in [0.717, 1.165) is 12.8 Å². The van der Waals surface area contributed by atoms with Crippen LogP contribution < -0.4 is 5.32 Å². The number of carboxylic acids is 1. The first-order valence-corrected chi connectivity index (χ1v) is 6.07. The lowest BCUT2D eigenvalue weighted by Gasteiger charge is -2.19. The fourth-order valence-electron chi connectivity index (χ4n) is 1.10.